The van der Waals surface area contributed by atoms with E-state index in [0.29, 0.717) is 12.1 Å². The fourth-order valence-electron chi connectivity index (χ4n) is 2.06. The van der Waals surface area contributed by atoms with Gasteiger partial charge in [-0.1, -0.05) is 20.3 Å². The van der Waals surface area contributed by atoms with Gasteiger partial charge in [0.15, 0.2) is 0 Å². The highest BCUT2D eigenvalue weighted by atomic mass is 16.4. The molecular weight excluding hydrogens is 330 g/mol. The van der Waals surface area contributed by atoms with Gasteiger partial charge in [0.05, 0.1) is 19.0 Å². The fourth-order valence-corrected chi connectivity index (χ4v) is 2.06. The summed E-state index contributed by atoms with van der Waals surface area (Å²) < 4.78 is 0. The predicted octanol–water partition coefficient (Wildman–Crippen LogP) is -1.63. The molecule has 0 aliphatic carbocycles. The van der Waals surface area contributed by atoms with Gasteiger partial charge in [-0.3, -0.25) is 9.59 Å². The van der Waals surface area contributed by atoms with Crippen LogP contribution in [0.5, 0.6) is 0 Å². The van der Waals surface area contributed by atoms with Crippen molar-refractivity contribution in [3.63, 3.8) is 0 Å². The molecule has 25 heavy (non-hydrogen) atoms. The van der Waals surface area contributed by atoms with Crippen molar-refractivity contribution in [2.45, 2.75) is 44.8 Å². The van der Waals surface area contributed by atoms with E-state index in [1.54, 1.807) is 6.92 Å². The van der Waals surface area contributed by atoms with Crippen LogP contribution in [-0.4, -0.2) is 62.7 Å². The summed E-state index contributed by atoms with van der Waals surface area (Å²) in [6, 6.07) is -3.35. The van der Waals surface area contributed by atoms with E-state index < -0.39 is 42.5 Å². The first-order valence-electron chi connectivity index (χ1n) is 7.97. The molecule has 10 heteroatoms. The van der Waals surface area contributed by atoms with Crippen LogP contribution in [-0.2, 0) is 20.8 Å². The Labute approximate surface area is 145 Å². The normalized spacial score (nSPS) is 15.7. The Bertz CT molecular complexity index is 577. The van der Waals surface area contributed by atoms with Gasteiger partial charge < -0.3 is 31.6 Å². The fraction of sp³-hybridized carbons (Fsp3) is 0.600. The number of nitrogens with one attached hydrogen (secondary N) is 3. The number of rotatable bonds is 10. The monoisotopic (exact) mass is 355 g/mol. The third-order valence-corrected chi connectivity index (χ3v) is 3.97. The second-order valence-corrected chi connectivity index (χ2v) is 5.84. The average molecular weight is 355 g/mol. The molecule has 1 aromatic heterocycles. The first kappa shape index (κ1) is 20.6. The number of H-pyrrole nitrogens is 1. The molecule has 1 rings (SSSR count). The molecule has 0 radical (unpaired) electrons. The van der Waals surface area contributed by atoms with Crippen molar-refractivity contribution < 1.29 is 24.6 Å². The largest absolute Gasteiger partial charge is 0.480 e. The first-order valence-corrected chi connectivity index (χ1v) is 7.97. The van der Waals surface area contributed by atoms with E-state index in [1.165, 1.54) is 12.5 Å². The quantitative estimate of drug-likeness (QED) is 0.292. The number of aromatic nitrogens is 2. The molecule has 140 valence electrons. The number of nitrogens with two attached hydrogens (primary N) is 1. The lowest BCUT2D eigenvalue weighted by Crippen LogP contribution is -2.57. The summed E-state index contributed by atoms with van der Waals surface area (Å²) in [6.45, 7) is 2.99. The average Bonchev–Trinajstić information content (AvgIpc) is 3.10. The SMILES string of the molecule is CCC(C)C(N)C(=O)NC(CO)C(=O)NC(Cc1cnc[nH]1)C(=O)O. The van der Waals surface area contributed by atoms with Gasteiger partial charge in [-0.2, -0.15) is 0 Å². The first-order chi connectivity index (χ1) is 11.8. The molecule has 0 saturated carbocycles. The Balaban J connectivity index is 2.69. The number of aliphatic hydroxyl groups excluding tert-OH is 1. The van der Waals surface area contributed by atoms with Crippen molar-refractivity contribution in [1.82, 2.24) is 20.6 Å². The van der Waals surface area contributed by atoms with Crippen LogP contribution in [0.25, 0.3) is 0 Å². The van der Waals surface area contributed by atoms with Crippen LogP contribution in [0.15, 0.2) is 12.5 Å². The van der Waals surface area contributed by atoms with E-state index >= 15 is 0 Å². The number of aliphatic hydroxyl groups is 1. The van der Waals surface area contributed by atoms with Crippen LogP contribution in [0.1, 0.15) is 26.0 Å². The van der Waals surface area contributed by atoms with E-state index in [4.69, 9.17) is 5.73 Å². The van der Waals surface area contributed by atoms with Crippen molar-refractivity contribution in [2.24, 2.45) is 11.7 Å². The molecule has 2 amide bonds. The minimum absolute atomic E-state index is 0.0143. The molecule has 4 unspecified atom stereocenters. The zero-order chi connectivity index (χ0) is 19.0. The molecular formula is C15H25N5O5. The van der Waals surface area contributed by atoms with Crippen molar-refractivity contribution in [1.29, 1.82) is 0 Å². The molecule has 0 aliphatic heterocycles. The van der Waals surface area contributed by atoms with Crippen LogP contribution in [0, 0.1) is 5.92 Å². The van der Waals surface area contributed by atoms with Gasteiger partial charge in [-0.25, -0.2) is 9.78 Å². The number of amides is 2. The highest BCUT2D eigenvalue weighted by Gasteiger charge is 2.29. The number of carboxylic acid groups (broad SMARTS) is 1. The van der Waals surface area contributed by atoms with E-state index in [2.05, 4.69) is 20.6 Å². The zero-order valence-electron chi connectivity index (χ0n) is 14.2. The smallest absolute Gasteiger partial charge is 0.326 e. The second kappa shape index (κ2) is 9.74. The molecule has 4 atom stereocenters. The molecule has 1 heterocycles. The zero-order valence-corrected chi connectivity index (χ0v) is 14.2. The Morgan fingerprint density at radius 1 is 1.28 bits per heavy atom. The van der Waals surface area contributed by atoms with E-state index in [9.17, 15) is 24.6 Å². The summed E-state index contributed by atoms with van der Waals surface area (Å²) >= 11 is 0. The van der Waals surface area contributed by atoms with Gasteiger partial charge in [0, 0.05) is 18.3 Å². The molecule has 0 saturated heterocycles. The summed E-state index contributed by atoms with van der Waals surface area (Å²) in [5, 5.41) is 23.2. The van der Waals surface area contributed by atoms with Crippen LogP contribution in [0.2, 0.25) is 0 Å². The molecule has 10 nitrogen and oxygen atoms in total. The maximum Gasteiger partial charge on any atom is 0.326 e. The summed E-state index contributed by atoms with van der Waals surface area (Å²) in [7, 11) is 0. The lowest BCUT2D eigenvalue weighted by Gasteiger charge is -2.23. The molecule has 7 N–H and O–H groups in total. The summed E-state index contributed by atoms with van der Waals surface area (Å²) in [5.41, 5.74) is 6.31. The van der Waals surface area contributed by atoms with Gasteiger partial charge in [0.25, 0.3) is 0 Å². The number of imidazole rings is 1. The van der Waals surface area contributed by atoms with Crippen LogP contribution in [0.3, 0.4) is 0 Å². The van der Waals surface area contributed by atoms with E-state index in [1.807, 2.05) is 6.92 Å². The molecule has 0 bridgehead atoms. The van der Waals surface area contributed by atoms with Gasteiger partial charge in [0.1, 0.15) is 12.1 Å². The topological polar surface area (TPSA) is 170 Å². The Kier molecular flexibility index (Phi) is 8.02. The molecule has 0 fully saturated rings. The number of nitrogens with zero attached hydrogens (tertiary/aromatic N) is 1. The van der Waals surface area contributed by atoms with Gasteiger partial charge in [-0.15, -0.1) is 0 Å². The van der Waals surface area contributed by atoms with E-state index in [0.717, 1.165) is 0 Å². The lowest BCUT2D eigenvalue weighted by atomic mass is 9.99. The van der Waals surface area contributed by atoms with Crippen LogP contribution in [0.4, 0.5) is 0 Å². The molecule has 0 spiro atoms. The van der Waals surface area contributed by atoms with Gasteiger partial charge in [0.2, 0.25) is 11.8 Å². The van der Waals surface area contributed by atoms with Crippen LogP contribution >= 0.6 is 0 Å². The molecule has 0 aromatic carbocycles. The Hall–Kier alpha value is -2.46. The summed E-state index contributed by atoms with van der Waals surface area (Å²) in [4.78, 5) is 42.1. The minimum atomic E-state index is -1.29. The molecule has 1 aromatic rings. The van der Waals surface area contributed by atoms with E-state index in [-0.39, 0.29) is 12.3 Å². The maximum absolute atomic E-state index is 12.2. The number of carbonyl (C=O) groups is 3. The number of hydrogen-bond acceptors (Lipinski definition) is 6. The maximum atomic E-state index is 12.2. The third kappa shape index (κ3) is 6.16. The highest BCUT2D eigenvalue weighted by molar-refractivity contribution is 5.92. The number of aromatic amines is 1. The van der Waals surface area contributed by atoms with Crippen molar-refractivity contribution >= 4 is 17.8 Å². The highest BCUT2D eigenvalue weighted by Crippen LogP contribution is 2.06. The number of carbonyl (C=O) groups excluding carboxylic acids is 2. The minimum Gasteiger partial charge on any atom is -0.480 e. The number of aliphatic carboxylic acids is 1. The van der Waals surface area contributed by atoms with Crippen molar-refractivity contribution in [2.75, 3.05) is 6.61 Å². The van der Waals surface area contributed by atoms with Crippen molar-refractivity contribution in [3.8, 4) is 0 Å². The molecule has 0 aliphatic rings. The summed E-state index contributed by atoms with van der Waals surface area (Å²) in [6.07, 6.45) is 3.50. The lowest BCUT2D eigenvalue weighted by molar-refractivity contribution is -0.142. The number of carboxylic acids is 1. The van der Waals surface area contributed by atoms with Gasteiger partial charge >= 0.3 is 5.97 Å². The Morgan fingerprint density at radius 2 is 1.92 bits per heavy atom. The van der Waals surface area contributed by atoms with Crippen molar-refractivity contribution in [3.05, 3.63) is 18.2 Å². The second-order valence-electron chi connectivity index (χ2n) is 5.84. The summed E-state index contributed by atoms with van der Waals surface area (Å²) in [5.74, 6) is -2.74. The number of hydrogen-bond donors (Lipinski definition) is 6. The third-order valence-electron chi connectivity index (χ3n) is 3.97. The predicted molar refractivity (Wildman–Crippen MR) is 88.3 cm³/mol. The standard InChI is InChI=1S/C15H25N5O5/c1-3-8(2)12(16)14(23)20-11(6-21)13(22)19-10(15(24)25)4-9-5-17-7-18-9/h5,7-8,10-12,21H,3-4,6,16H2,1-2H3,(H,17,18)(H,19,22)(H,20,23)(H,24,25). The van der Waals surface area contributed by atoms with Crippen LogP contribution < -0.4 is 16.4 Å². The van der Waals surface area contributed by atoms with Gasteiger partial charge in [-0.05, 0) is 5.92 Å². The Morgan fingerprint density at radius 3 is 2.40 bits per heavy atom.